The van der Waals surface area contributed by atoms with Crippen LogP contribution in [0.25, 0.3) is 0 Å². The van der Waals surface area contributed by atoms with Gasteiger partial charge in [-0.1, -0.05) is 26.1 Å². The van der Waals surface area contributed by atoms with Crippen molar-refractivity contribution in [3.8, 4) is 0 Å². The van der Waals surface area contributed by atoms with Crippen molar-refractivity contribution in [2.24, 2.45) is 5.92 Å². The summed E-state index contributed by atoms with van der Waals surface area (Å²) in [5, 5.41) is 0. The van der Waals surface area contributed by atoms with Crippen molar-refractivity contribution in [2.75, 3.05) is 6.61 Å². The summed E-state index contributed by atoms with van der Waals surface area (Å²) in [7, 11) is 0. The van der Waals surface area contributed by atoms with E-state index in [2.05, 4.69) is 24.1 Å². The normalized spacial score (nSPS) is 16.1. The quantitative estimate of drug-likeness (QED) is 0.484. The van der Waals surface area contributed by atoms with Gasteiger partial charge in [-0.25, -0.2) is 0 Å². The predicted octanol–water partition coefficient (Wildman–Crippen LogP) is 1.97. The molecule has 0 heterocycles. The first-order chi connectivity index (χ1) is 3.92. The third-order valence-electron chi connectivity index (χ3n) is 0.576. The zero-order valence-corrected chi connectivity index (χ0v) is 8.76. The van der Waals surface area contributed by atoms with Crippen molar-refractivity contribution in [2.45, 2.75) is 13.8 Å². The van der Waals surface area contributed by atoms with Crippen LogP contribution < -0.4 is 6.15 Å². The molecule has 0 saturated carbocycles. The molecule has 10 heavy (non-hydrogen) atoms. The van der Waals surface area contributed by atoms with Crippen molar-refractivity contribution in [1.82, 2.24) is 6.15 Å². The molecule has 0 bridgehead atoms. The van der Waals surface area contributed by atoms with Crippen LogP contribution in [-0.2, 0) is 16.3 Å². The summed E-state index contributed by atoms with van der Waals surface area (Å²) in [6, 6.07) is 0. The first-order valence-corrected chi connectivity index (χ1v) is 6.44. The van der Waals surface area contributed by atoms with E-state index in [1.54, 1.807) is 0 Å². The van der Waals surface area contributed by atoms with Gasteiger partial charge >= 0.3 is 0 Å². The van der Waals surface area contributed by atoms with Gasteiger partial charge in [0, 0.05) is 0 Å². The van der Waals surface area contributed by atoms with Gasteiger partial charge in [0.25, 0.3) is 0 Å². The Labute approximate surface area is 72.1 Å². The highest BCUT2D eigenvalue weighted by atomic mass is 32.9. The minimum atomic E-state index is -2.69. The van der Waals surface area contributed by atoms with E-state index in [9.17, 15) is 0 Å². The van der Waals surface area contributed by atoms with Crippen LogP contribution in [0.15, 0.2) is 0 Å². The molecule has 1 unspecified atom stereocenters. The van der Waals surface area contributed by atoms with Gasteiger partial charge in [0.1, 0.15) is 0 Å². The fraction of sp³-hybridized carbons (Fsp3) is 1.00. The number of rotatable bonds is 3. The minimum Gasteiger partial charge on any atom is -0.344 e. The third kappa shape index (κ3) is 11.6. The Hall–Kier alpha value is 0.880. The molecule has 0 fully saturated rings. The lowest BCUT2D eigenvalue weighted by Gasteiger charge is -2.10. The van der Waals surface area contributed by atoms with Crippen LogP contribution in [0.2, 0.25) is 0 Å². The summed E-state index contributed by atoms with van der Waals surface area (Å²) < 4.78 is 4.84. The second-order valence-electron chi connectivity index (χ2n) is 2.18. The molecular weight excluding hydrogens is 189 g/mol. The van der Waals surface area contributed by atoms with Crippen LogP contribution >= 0.6 is 17.9 Å². The van der Waals surface area contributed by atoms with Gasteiger partial charge in [-0.2, -0.15) is 0 Å². The Morgan fingerprint density at radius 3 is 2.20 bits per heavy atom. The summed E-state index contributed by atoms with van der Waals surface area (Å²) in [5.41, 5.74) is -2.69. The molecule has 0 aromatic rings. The van der Waals surface area contributed by atoms with Gasteiger partial charge in [-0.15, -0.1) is 0 Å². The molecular formula is C4H14NO2PS2. The van der Waals surface area contributed by atoms with Crippen molar-refractivity contribution < 1.29 is 9.42 Å². The highest BCUT2D eigenvalue weighted by molar-refractivity contribution is 8.59. The Morgan fingerprint density at radius 2 is 2.10 bits per heavy atom. The molecule has 0 aliphatic carbocycles. The fourth-order valence-corrected chi connectivity index (χ4v) is 1.12. The van der Waals surface area contributed by atoms with Gasteiger partial charge in [0.15, 0.2) is 0 Å². The maximum Gasteiger partial charge on any atom is 0.241 e. The molecule has 0 saturated heterocycles. The molecule has 0 rings (SSSR count). The Kier molecular flexibility index (Phi) is 7.43. The third-order valence-corrected chi connectivity index (χ3v) is 1.72. The van der Waals surface area contributed by atoms with E-state index < -0.39 is 5.69 Å². The lowest BCUT2D eigenvalue weighted by Crippen LogP contribution is -1.97. The van der Waals surface area contributed by atoms with E-state index in [0.717, 1.165) is 0 Å². The Morgan fingerprint density at radius 1 is 1.70 bits per heavy atom. The lowest BCUT2D eigenvalue weighted by molar-refractivity contribution is 0.276. The monoisotopic (exact) mass is 203 g/mol. The largest absolute Gasteiger partial charge is 0.344 e. The second kappa shape index (κ2) is 5.52. The zero-order chi connectivity index (χ0) is 7.49. The van der Waals surface area contributed by atoms with Crippen LogP contribution in [0.3, 0.4) is 0 Å². The number of thiol groups is 1. The van der Waals surface area contributed by atoms with E-state index in [1.165, 1.54) is 0 Å². The maximum absolute atomic E-state index is 8.83. The molecule has 0 aromatic carbocycles. The molecule has 0 aliphatic rings. The Balaban J connectivity index is 0. The van der Waals surface area contributed by atoms with E-state index in [1.807, 2.05) is 13.8 Å². The predicted molar refractivity (Wildman–Crippen MR) is 51.3 cm³/mol. The Bertz CT molecular complexity index is 124. The number of hydrogen-bond acceptors (Lipinski definition) is 3. The summed E-state index contributed by atoms with van der Waals surface area (Å²) in [5.74, 6) is 0.395. The van der Waals surface area contributed by atoms with Gasteiger partial charge in [-0.3, -0.25) is 0 Å². The van der Waals surface area contributed by atoms with Crippen molar-refractivity contribution in [3.63, 3.8) is 0 Å². The first-order valence-electron chi connectivity index (χ1n) is 2.62. The second-order valence-corrected chi connectivity index (χ2v) is 7.34. The average molecular weight is 203 g/mol. The van der Waals surface area contributed by atoms with Gasteiger partial charge in [0.05, 0.1) is 6.61 Å². The molecule has 1 atom stereocenters. The smallest absolute Gasteiger partial charge is 0.241 e. The molecule has 0 amide bonds. The van der Waals surface area contributed by atoms with E-state index in [0.29, 0.717) is 12.5 Å². The maximum atomic E-state index is 8.83. The van der Waals surface area contributed by atoms with E-state index >= 15 is 0 Å². The van der Waals surface area contributed by atoms with Gasteiger partial charge in [-0.05, 0) is 17.7 Å². The molecule has 0 aromatic heterocycles. The fourth-order valence-electron chi connectivity index (χ4n) is 0.246. The van der Waals surface area contributed by atoms with Crippen LogP contribution in [0.4, 0.5) is 0 Å². The topological polar surface area (TPSA) is 64.5 Å². The molecule has 4 N–H and O–H groups in total. The van der Waals surface area contributed by atoms with E-state index in [-0.39, 0.29) is 6.15 Å². The van der Waals surface area contributed by atoms with Crippen LogP contribution in [0.5, 0.6) is 0 Å². The standard InChI is InChI=1S/C4H11O2PS2.H3N/c1-4(2)3-6-7(5,8)9;/h4H,3H2,1-2H3,(H2,5,8,9);1H3. The van der Waals surface area contributed by atoms with Crippen LogP contribution in [0.1, 0.15) is 13.8 Å². The van der Waals surface area contributed by atoms with Crippen LogP contribution in [0, 0.1) is 5.92 Å². The molecule has 3 nitrogen and oxygen atoms in total. The van der Waals surface area contributed by atoms with Crippen molar-refractivity contribution in [1.29, 1.82) is 0 Å². The average Bonchev–Trinajstić information content (AvgIpc) is 1.59. The first kappa shape index (κ1) is 13.5. The summed E-state index contributed by atoms with van der Waals surface area (Å²) >= 11 is 8.20. The van der Waals surface area contributed by atoms with Crippen molar-refractivity contribution in [3.05, 3.63) is 0 Å². The molecule has 6 heteroatoms. The molecule has 0 aliphatic heterocycles. The van der Waals surface area contributed by atoms with Gasteiger partial charge in [0.2, 0.25) is 5.69 Å². The molecule has 64 valence electrons. The minimum absolute atomic E-state index is 0. The van der Waals surface area contributed by atoms with Crippen molar-refractivity contribution >= 4 is 29.7 Å². The van der Waals surface area contributed by atoms with E-state index in [4.69, 9.17) is 9.42 Å². The molecule has 0 radical (unpaired) electrons. The summed E-state index contributed by atoms with van der Waals surface area (Å²) in [6.45, 7) is 4.45. The van der Waals surface area contributed by atoms with Crippen LogP contribution in [-0.4, -0.2) is 11.5 Å². The zero-order valence-electron chi connectivity index (χ0n) is 6.15. The highest BCUT2D eigenvalue weighted by Crippen LogP contribution is 2.47. The summed E-state index contributed by atoms with van der Waals surface area (Å²) in [6.07, 6.45) is 0. The van der Waals surface area contributed by atoms with Gasteiger partial charge < -0.3 is 15.6 Å². The summed E-state index contributed by atoms with van der Waals surface area (Å²) in [4.78, 5) is 8.83. The number of hydrogen-bond donors (Lipinski definition) is 3. The molecule has 0 spiro atoms. The highest BCUT2D eigenvalue weighted by Gasteiger charge is 2.05. The lowest BCUT2D eigenvalue weighted by atomic mass is 10.2. The SMILES string of the molecule is CC(C)COP(O)(=S)S.N.